The first-order valence-electron chi connectivity index (χ1n) is 3.80. The molecule has 1 rings (SSSR count). The number of halogens is 2. The number of rotatable bonds is 3. The van der Waals surface area contributed by atoms with Gasteiger partial charge in [0.1, 0.15) is 0 Å². The molecule has 14 heavy (non-hydrogen) atoms. The molecule has 0 aliphatic carbocycles. The largest absolute Gasteiger partial charge is 0.218 e. The Hall–Kier alpha value is 0.0900. The van der Waals surface area contributed by atoms with E-state index < -0.39 is 10.0 Å². The molecule has 6 heteroatoms. The molecule has 0 radical (unpaired) electrons. The van der Waals surface area contributed by atoms with Crippen molar-refractivity contribution in [1.82, 2.24) is 4.72 Å². The summed E-state index contributed by atoms with van der Waals surface area (Å²) in [6.45, 7) is 0. The summed E-state index contributed by atoms with van der Waals surface area (Å²) in [5, 5.41) is 0. The van der Waals surface area contributed by atoms with Crippen LogP contribution in [0.25, 0.3) is 0 Å². The average molecular weight is 343 g/mol. The Kier molecular flexibility index (Phi) is 4.12. The van der Waals surface area contributed by atoms with Crippen molar-refractivity contribution in [2.24, 2.45) is 0 Å². The van der Waals surface area contributed by atoms with Crippen molar-refractivity contribution in [2.75, 3.05) is 7.05 Å². The fourth-order valence-electron chi connectivity index (χ4n) is 0.916. The van der Waals surface area contributed by atoms with E-state index in [1.165, 1.54) is 7.05 Å². The summed E-state index contributed by atoms with van der Waals surface area (Å²) in [5.74, 6) is -0.0165. The summed E-state index contributed by atoms with van der Waals surface area (Å²) in [5.41, 5.74) is 0.738. The van der Waals surface area contributed by atoms with Crippen molar-refractivity contribution in [2.45, 2.75) is 5.75 Å². The minimum Gasteiger partial charge on any atom is -0.218 e. The van der Waals surface area contributed by atoms with Gasteiger partial charge in [0.25, 0.3) is 0 Å². The SMILES string of the molecule is CNS(=O)(=O)Cc1ccc(Br)cc1Br. The van der Waals surface area contributed by atoms with Crippen LogP contribution in [0.5, 0.6) is 0 Å². The van der Waals surface area contributed by atoms with Crippen molar-refractivity contribution < 1.29 is 8.42 Å². The number of benzene rings is 1. The second-order valence-electron chi connectivity index (χ2n) is 2.70. The molecule has 0 saturated heterocycles. The summed E-state index contributed by atoms with van der Waals surface area (Å²) >= 11 is 6.60. The molecule has 1 aromatic carbocycles. The first kappa shape index (κ1) is 12.2. The maximum Gasteiger partial charge on any atom is 0.215 e. The van der Waals surface area contributed by atoms with Gasteiger partial charge < -0.3 is 0 Å². The second-order valence-corrected chi connectivity index (χ2v) is 6.40. The average Bonchev–Trinajstić information content (AvgIpc) is 2.10. The van der Waals surface area contributed by atoms with Crippen molar-refractivity contribution in [1.29, 1.82) is 0 Å². The molecular weight excluding hydrogens is 334 g/mol. The third kappa shape index (κ3) is 3.34. The number of hydrogen-bond acceptors (Lipinski definition) is 2. The first-order chi connectivity index (χ1) is 6.44. The third-order valence-electron chi connectivity index (χ3n) is 1.67. The van der Waals surface area contributed by atoms with Crippen LogP contribution in [0, 0.1) is 0 Å². The summed E-state index contributed by atoms with van der Waals surface area (Å²) in [6, 6.07) is 5.40. The molecule has 3 nitrogen and oxygen atoms in total. The van der Waals surface area contributed by atoms with Gasteiger partial charge in [0.05, 0.1) is 5.75 Å². The number of sulfonamides is 1. The van der Waals surface area contributed by atoms with Gasteiger partial charge in [-0.1, -0.05) is 37.9 Å². The summed E-state index contributed by atoms with van der Waals surface area (Å²) < 4.78 is 26.5. The van der Waals surface area contributed by atoms with E-state index in [4.69, 9.17) is 0 Å². The maximum absolute atomic E-state index is 11.3. The smallest absolute Gasteiger partial charge is 0.215 e. The number of hydrogen-bond donors (Lipinski definition) is 1. The molecule has 0 saturated carbocycles. The van der Waals surface area contributed by atoms with E-state index in [1.807, 2.05) is 12.1 Å². The van der Waals surface area contributed by atoms with E-state index in [9.17, 15) is 8.42 Å². The van der Waals surface area contributed by atoms with Crippen molar-refractivity contribution in [3.63, 3.8) is 0 Å². The van der Waals surface area contributed by atoms with Gasteiger partial charge >= 0.3 is 0 Å². The molecule has 0 unspecified atom stereocenters. The molecule has 0 bridgehead atoms. The molecule has 78 valence electrons. The number of nitrogens with one attached hydrogen (secondary N) is 1. The van der Waals surface area contributed by atoms with E-state index in [2.05, 4.69) is 36.6 Å². The van der Waals surface area contributed by atoms with E-state index in [1.54, 1.807) is 6.07 Å². The van der Waals surface area contributed by atoms with E-state index in [0.29, 0.717) is 0 Å². The highest BCUT2D eigenvalue weighted by Crippen LogP contribution is 2.23. The minimum absolute atomic E-state index is 0.0165. The lowest BCUT2D eigenvalue weighted by Gasteiger charge is -2.05. The van der Waals surface area contributed by atoms with Gasteiger partial charge in [0.15, 0.2) is 0 Å². The molecule has 0 heterocycles. The van der Waals surface area contributed by atoms with Gasteiger partial charge in [-0.25, -0.2) is 13.1 Å². The molecule has 0 aliphatic heterocycles. The van der Waals surface area contributed by atoms with Crippen LogP contribution in [0.15, 0.2) is 27.1 Å². The predicted molar refractivity (Wildman–Crippen MR) is 63.5 cm³/mol. The Morgan fingerprint density at radius 3 is 2.50 bits per heavy atom. The predicted octanol–water partition coefficient (Wildman–Crippen LogP) is 2.26. The highest BCUT2D eigenvalue weighted by atomic mass is 79.9. The van der Waals surface area contributed by atoms with Crippen LogP contribution in [0.1, 0.15) is 5.56 Å². The Bertz CT molecular complexity index is 431. The third-order valence-corrected chi connectivity index (χ3v) is 4.22. The summed E-state index contributed by atoms with van der Waals surface area (Å²) in [7, 11) is -1.80. The fraction of sp³-hybridized carbons (Fsp3) is 0.250. The molecule has 0 atom stereocenters. The Morgan fingerprint density at radius 2 is 2.00 bits per heavy atom. The minimum atomic E-state index is -3.20. The Morgan fingerprint density at radius 1 is 1.36 bits per heavy atom. The van der Waals surface area contributed by atoms with Crippen LogP contribution in [0.3, 0.4) is 0 Å². The van der Waals surface area contributed by atoms with Gasteiger partial charge in [-0.05, 0) is 24.7 Å². The lowest BCUT2D eigenvalue weighted by atomic mass is 10.2. The molecular formula is C8H9Br2NO2S. The van der Waals surface area contributed by atoms with Gasteiger partial charge in [-0.15, -0.1) is 0 Å². The molecule has 0 amide bonds. The van der Waals surface area contributed by atoms with Gasteiger partial charge in [0.2, 0.25) is 10.0 Å². The lowest BCUT2D eigenvalue weighted by molar-refractivity contribution is 0.587. The van der Waals surface area contributed by atoms with Gasteiger partial charge in [-0.2, -0.15) is 0 Å². The van der Waals surface area contributed by atoms with Crippen LogP contribution < -0.4 is 4.72 Å². The Balaban J connectivity index is 2.99. The molecule has 0 spiro atoms. The second kappa shape index (κ2) is 4.74. The highest BCUT2D eigenvalue weighted by molar-refractivity contribution is 9.11. The van der Waals surface area contributed by atoms with E-state index in [-0.39, 0.29) is 5.75 Å². The van der Waals surface area contributed by atoms with E-state index in [0.717, 1.165) is 14.5 Å². The zero-order valence-corrected chi connectivity index (χ0v) is 11.4. The van der Waals surface area contributed by atoms with Crippen molar-refractivity contribution in [3.8, 4) is 0 Å². The van der Waals surface area contributed by atoms with Crippen LogP contribution in [0.2, 0.25) is 0 Å². The molecule has 0 aliphatic rings. The lowest BCUT2D eigenvalue weighted by Crippen LogP contribution is -2.20. The quantitative estimate of drug-likeness (QED) is 0.915. The van der Waals surface area contributed by atoms with Crippen LogP contribution in [-0.4, -0.2) is 15.5 Å². The van der Waals surface area contributed by atoms with Crippen LogP contribution in [0.4, 0.5) is 0 Å². The van der Waals surface area contributed by atoms with Crippen molar-refractivity contribution >= 4 is 41.9 Å². The van der Waals surface area contributed by atoms with Gasteiger partial charge in [0, 0.05) is 8.95 Å². The highest BCUT2D eigenvalue weighted by Gasteiger charge is 2.10. The van der Waals surface area contributed by atoms with E-state index >= 15 is 0 Å². The fourth-order valence-corrected chi connectivity index (χ4v) is 3.09. The summed E-state index contributed by atoms with van der Waals surface area (Å²) in [4.78, 5) is 0. The standard InChI is InChI=1S/C8H9Br2NO2S/c1-11-14(12,13)5-6-2-3-7(9)4-8(6)10/h2-4,11H,5H2,1H3. The molecule has 1 aromatic rings. The van der Waals surface area contributed by atoms with Crippen LogP contribution in [-0.2, 0) is 15.8 Å². The van der Waals surface area contributed by atoms with Gasteiger partial charge in [-0.3, -0.25) is 0 Å². The topological polar surface area (TPSA) is 46.2 Å². The molecule has 0 aromatic heterocycles. The van der Waals surface area contributed by atoms with Crippen molar-refractivity contribution in [3.05, 3.63) is 32.7 Å². The van der Waals surface area contributed by atoms with Crippen LogP contribution >= 0.6 is 31.9 Å². The molecule has 1 N–H and O–H groups in total. The maximum atomic E-state index is 11.3. The monoisotopic (exact) mass is 341 g/mol. The normalized spacial score (nSPS) is 11.6. The molecule has 0 fully saturated rings. The zero-order chi connectivity index (χ0) is 10.8. The zero-order valence-electron chi connectivity index (χ0n) is 7.42. The first-order valence-corrected chi connectivity index (χ1v) is 7.03. The Labute approximate surface area is 100 Å². The summed E-state index contributed by atoms with van der Waals surface area (Å²) in [6.07, 6.45) is 0.